The number of piperidine rings is 1. The second kappa shape index (κ2) is 7.15. The average molecular weight is 417 g/mol. The van der Waals surface area contributed by atoms with Gasteiger partial charge in [0.25, 0.3) is 0 Å². The third-order valence-electron chi connectivity index (χ3n) is 3.57. The van der Waals surface area contributed by atoms with E-state index < -0.39 is 10.0 Å². The fourth-order valence-electron chi connectivity index (χ4n) is 2.62. The van der Waals surface area contributed by atoms with Crippen molar-refractivity contribution >= 4 is 49.2 Å². The van der Waals surface area contributed by atoms with Gasteiger partial charge in [-0.05, 0) is 31.4 Å². The monoisotopic (exact) mass is 415 g/mol. The van der Waals surface area contributed by atoms with Crippen molar-refractivity contribution in [3.8, 4) is 0 Å². The summed E-state index contributed by atoms with van der Waals surface area (Å²) in [7, 11) is -3.77. The molecule has 1 aliphatic rings. The van der Waals surface area contributed by atoms with E-state index in [1.807, 2.05) is 0 Å². The minimum absolute atomic E-state index is 0.0432. The Bertz CT molecular complexity index is 599. The summed E-state index contributed by atoms with van der Waals surface area (Å²) in [5.74, 6) is 0. The van der Waals surface area contributed by atoms with Crippen molar-refractivity contribution in [2.75, 3.05) is 13.2 Å². The van der Waals surface area contributed by atoms with Gasteiger partial charge >= 0.3 is 0 Å². The molecule has 0 saturated carbocycles. The largest absolute Gasteiger partial charge is 0.396 e. The summed E-state index contributed by atoms with van der Waals surface area (Å²) in [5, 5.41) is 9.34. The van der Waals surface area contributed by atoms with Crippen LogP contribution in [0.1, 0.15) is 25.7 Å². The van der Waals surface area contributed by atoms with E-state index in [1.54, 1.807) is 0 Å². The van der Waals surface area contributed by atoms with Crippen LogP contribution in [0.2, 0.25) is 10.0 Å². The highest BCUT2D eigenvalue weighted by Crippen LogP contribution is 2.37. The van der Waals surface area contributed by atoms with Gasteiger partial charge < -0.3 is 5.11 Å². The third kappa shape index (κ3) is 3.74. The van der Waals surface area contributed by atoms with Crippen LogP contribution in [0, 0.1) is 0 Å². The van der Waals surface area contributed by atoms with Crippen molar-refractivity contribution in [3.05, 3.63) is 26.7 Å². The molecule has 21 heavy (non-hydrogen) atoms. The molecular formula is C13H16BrCl2NO3S. The van der Waals surface area contributed by atoms with Crippen LogP contribution in [0.15, 0.2) is 21.5 Å². The smallest absolute Gasteiger partial charge is 0.246 e. The molecule has 1 atom stereocenters. The van der Waals surface area contributed by atoms with Crippen LogP contribution in [-0.4, -0.2) is 37.0 Å². The van der Waals surface area contributed by atoms with E-state index >= 15 is 0 Å². The van der Waals surface area contributed by atoms with Gasteiger partial charge in [-0.15, -0.1) is 0 Å². The van der Waals surface area contributed by atoms with Gasteiger partial charge in [0.15, 0.2) is 0 Å². The van der Waals surface area contributed by atoms with Crippen molar-refractivity contribution in [1.29, 1.82) is 0 Å². The lowest BCUT2D eigenvalue weighted by Gasteiger charge is -2.34. The van der Waals surface area contributed by atoms with Gasteiger partial charge in [-0.2, -0.15) is 4.31 Å². The van der Waals surface area contributed by atoms with E-state index in [4.69, 9.17) is 28.3 Å². The molecule has 2 rings (SSSR count). The highest BCUT2D eigenvalue weighted by Gasteiger charge is 2.35. The number of aliphatic hydroxyl groups is 1. The Morgan fingerprint density at radius 3 is 2.48 bits per heavy atom. The van der Waals surface area contributed by atoms with Crippen LogP contribution >= 0.6 is 39.1 Å². The first-order chi connectivity index (χ1) is 9.87. The van der Waals surface area contributed by atoms with Gasteiger partial charge in [-0.3, -0.25) is 0 Å². The van der Waals surface area contributed by atoms with E-state index in [9.17, 15) is 8.42 Å². The summed E-state index contributed by atoms with van der Waals surface area (Å²) in [6.45, 7) is 0.383. The maximum absolute atomic E-state index is 12.9. The van der Waals surface area contributed by atoms with E-state index in [-0.39, 0.29) is 27.6 Å². The zero-order chi connectivity index (χ0) is 15.6. The topological polar surface area (TPSA) is 57.6 Å². The summed E-state index contributed by atoms with van der Waals surface area (Å²) in [6, 6.07) is 2.83. The summed E-state index contributed by atoms with van der Waals surface area (Å²) in [5.41, 5.74) is 0. The Morgan fingerprint density at radius 1 is 1.29 bits per heavy atom. The molecule has 1 heterocycles. The van der Waals surface area contributed by atoms with Crippen molar-refractivity contribution in [2.45, 2.75) is 36.6 Å². The van der Waals surface area contributed by atoms with Crippen LogP contribution < -0.4 is 0 Å². The van der Waals surface area contributed by atoms with Crippen molar-refractivity contribution in [1.82, 2.24) is 4.31 Å². The minimum atomic E-state index is -3.77. The zero-order valence-electron chi connectivity index (χ0n) is 11.2. The zero-order valence-corrected chi connectivity index (χ0v) is 15.1. The Morgan fingerprint density at radius 2 is 1.90 bits per heavy atom. The molecule has 4 nitrogen and oxygen atoms in total. The molecule has 1 saturated heterocycles. The van der Waals surface area contributed by atoms with E-state index in [0.29, 0.717) is 17.4 Å². The lowest BCUT2D eigenvalue weighted by atomic mass is 10.0. The maximum atomic E-state index is 12.9. The molecule has 1 unspecified atom stereocenters. The van der Waals surface area contributed by atoms with Gasteiger partial charge in [0, 0.05) is 23.7 Å². The summed E-state index contributed by atoms with van der Waals surface area (Å²) in [6.07, 6.45) is 2.92. The van der Waals surface area contributed by atoms with Crippen molar-refractivity contribution < 1.29 is 13.5 Å². The molecule has 0 bridgehead atoms. The quantitative estimate of drug-likeness (QED) is 0.814. The molecule has 0 spiro atoms. The van der Waals surface area contributed by atoms with Crippen LogP contribution in [0.25, 0.3) is 0 Å². The molecule has 0 radical (unpaired) electrons. The number of aliphatic hydroxyl groups excluding tert-OH is 1. The SMILES string of the molecule is O=S(=O)(c1c(Cl)cc(Br)cc1Cl)N1CCCCC1CCO. The van der Waals surface area contributed by atoms with Gasteiger partial charge in [0.1, 0.15) is 4.90 Å². The standard InChI is InChI=1S/C13H16BrCl2NO3S/c14-9-7-11(15)13(12(16)8-9)21(19,20)17-5-2-1-3-10(17)4-6-18/h7-8,10,18H,1-6H2. The predicted octanol–water partition coefficient (Wildman–Crippen LogP) is 3.68. The first kappa shape index (κ1) is 17.5. The number of nitrogens with zero attached hydrogens (tertiary/aromatic N) is 1. The first-order valence-corrected chi connectivity index (χ1v) is 9.64. The molecule has 1 aromatic rings. The van der Waals surface area contributed by atoms with Crippen LogP contribution in [-0.2, 0) is 10.0 Å². The molecule has 1 aliphatic heterocycles. The second-order valence-electron chi connectivity index (χ2n) is 4.98. The van der Waals surface area contributed by atoms with Gasteiger partial charge in [-0.1, -0.05) is 45.6 Å². The fourth-order valence-corrected chi connectivity index (χ4v) is 6.23. The fraction of sp³-hybridized carbons (Fsp3) is 0.538. The summed E-state index contributed by atoms with van der Waals surface area (Å²) >= 11 is 15.4. The molecule has 1 N–H and O–H groups in total. The predicted molar refractivity (Wildman–Crippen MR) is 87.4 cm³/mol. The van der Waals surface area contributed by atoms with Crippen molar-refractivity contribution in [2.24, 2.45) is 0 Å². The first-order valence-electron chi connectivity index (χ1n) is 6.65. The third-order valence-corrected chi connectivity index (χ3v) is 6.90. The van der Waals surface area contributed by atoms with E-state index in [2.05, 4.69) is 15.9 Å². The molecule has 0 amide bonds. The number of benzene rings is 1. The van der Waals surface area contributed by atoms with Crippen LogP contribution in [0.5, 0.6) is 0 Å². The number of sulfonamides is 1. The Balaban J connectivity index is 2.45. The average Bonchev–Trinajstić information content (AvgIpc) is 2.37. The second-order valence-corrected chi connectivity index (χ2v) is 8.53. The molecular weight excluding hydrogens is 401 g/mol. The van der Waals surface area contributed by atoms with Crippen LogP contribution in [0.4, 0.5) is 0 Å². The highest BCUT2D eigenvalue weighted by molar-refractivity contribution is 9.10. The van der Waals surface area contributed by atoms with Gasteiger partial charge in [0.2, 0.25) is 10.0 Å². The number of hydrogen-bond acceptors (Lipinski definition) is 3. The molecule has 0 aliphatic carbocycles. The highest BCUT2D eigenvalue weighted by atomic mass is 79.9. The molecule has 118 valence electrons. The summed E-state index contributed by atoms with van der Waals surface area (Å²) < 4.78 is 27.8. The van der Waals surface area contributed by atoms with E-state index in [0.717, 1.165) is 19.3 Å². The van der Waals surface area contributed by atoms with Crippen molar-refractivity contribution in [3.63, 3.8) is 0 Å². The molecule has 1 fully saturated rings. The number of rotatable bonds is 4. The Labute approximate surface area is 143 Å². The molecule has 0 aromatic heterocycles. The number of hydrogen-bond donors (Lipinski definition) is 1. The van der Waals surface area contributed by atoms with E-state index in [1.165, 1.54) is 16.4 Å². The molecule has 8 heteroatoms. The lowest BCUT2D eigenvalue weighted by Crippen LogP contribution is -2.44. The van der Waals surface area contributed by atoms with Crippen LogP contribution in [0.3, 0.4) is 0 Å². The Hall–Kier alpha value is 0.150. The normalized spacial score (nSPS) is 20.7. The van der Waals surface area contributed by atoms with Gasteiger partial charge in [-0.25, -0.2) is 8.42 Å². The minimum Gasteiger partial charge on any atom is -0.396 e. The maximum Gasteiger partial charge on any atom is 0.246 e. The summed E-state index contributed by atoms with van der Waals surface area (Å²) in [4.78, 5) is -0.0566. The molecule has 1 aromatic carbocycles. The van der Waals surface area contributed by atoms with Gasteiger partial charge in [0.05, 0.1) is 10.0 Å². The Kier molecular flexibility index (Phi) is 5.96. The number of halogens is 3. The lowest BCUT2D eigenvalue weighted by molar-refractivity contribution is 0.192.